The molecule has 0 saturated heterocycles. The minimum Gasteiger partial charge on any atom is -0.481 e. The van der Waals surface area contributed by atoms with E-state index in [9.17, 15) is 43.5 Å². The van der Waals surface area contributed by atoms with Gasteiger partial charge in [0.25, 0.3) is 0 Å². The van der Waals surface area contributed by atoms with Crippen molar-refractivity contribution < 1.29 is 63.9 Å². The monoisotopic (exact) mass is 563 g/mol. The van der Waals surface area contributed by atoms with Crippen LogP contribution in [0.5, 0.6) is 0 Å². The highest BCUT2D eigenvalue weighted by Gasteiger charge is 2.33. The number of hydrogen-bond donors (Lipinski definition) is 10. The molecule has 220 valence electrons. The molecule has 18 nitrogen and oxygen atoms in total. The number of amides is 4. The average Bonchev–Trinajstić information content (AvgIpc) is 2.82. The van der Waals surface area contributed by atoms with Crippen LogP contribution in [0.4, 0.5) is 0 Å². The van der Waals surface area contributed by atoms with Crippen LogP contribution in [0.3, 0.4) is 0 Å². The summed E-state index contributed by atoms with van der Waals surface area (Å²) in [6.45, 7) is 2.08. The minimum absolute atomic E-state index is 0.384. The molecule has 0 unspecified atom stereocenters. The first kappa shape index (κ1) is 34.7. The third-order valence-electron chi connectivity index (χ3n) is 5.12. The van der Waals surface area contributed by atoms with E-state index in [-0.39, 0.29) is 5.92 Å². The lowest BCUT2D eigenvalue weighted by Gasteiger charge is -2.25. The second kappa shape index (κ2) is 16.5. The van der Waals surface area contributed by atoms with Crippen LogP contribution in [0.2, 0.25) is 0 Å². The zero-order valence-electron chi connectivity index (χ0n) is 21.1. The molecule has 0 aromatic carbocycles. The van der Waals surface area contributed by atoms with Gasteiger partial charge < -0.3 is 52.5 Å². The first-order chi connectivity index (χ1) is 18.0. The molecule has 5 atom stereocenters. The highest BCUT2D eigenvalue weighted by atomic mass is 16.4. The van der Waals surface area contributed by atoms with Crippen LogP contribution in [-0.4, -0.2) is 110 Å². The van der Waals surface area contributed by atoms with E-state index in [0.717, 1.165) is 0 Å². The molecule has 18 heteroatoms. The topological polar surface area (TPSA) is 312 Å². The number of carbonyl (C=O) groups excluding carboxylic acids is 4. The normalized spacial score (nSPS) is 14.6. The first-order valence-electron chi connectivity index (χ1n) is 11.5. The lowest BCUT2D eigenvalue weighted by molar-refractivity contribution is -0.147. The van der Waals surface area contributed by atoms with E-state index >= 15 is 0 Å². The number of aliphatic hydroxyl groups is 1. The Hall–Kier alpha value is -4.32. The number of nitrogens with two attached hydrogens (primary N) is 1. The van der Waals surface area contributed by atoms with Crippen LogP contribution in [0.15, 0.2) is 0 Å². The van der Waals surface area contributed by atoms with Gasteiger partial charge in [-0.1, -0.05) is 13.8 Å². The van der Waals surface area contributed by atoms with E-state index in [4.69, 9.17) is 26.2 Å². The predicted molar refractivity (Wildman–Crippen MR) is 127 cm³/mol. The van der Waals surface area contributed by atoms with Crippen molar-refractivity contribution in [3.63, 3.8) is 0 Å². The predicted octanol–water partition coefficient (Wildman–Crippen LogP) is -4.20. The van der Waals surface area contributed by atoms with Crippen molar-refractivity contribution in [3.05, 3.63) is 0 Å². The molecule has 39 heavy (non-hydrogen) atoms. The zero-order valence-corrected chi connectivity index (χ0v) is 21.1. The number of carboxylic acid groups (broad SMARTS) is 4. The van der Waals surface area contributed by atoms with Gasteiger partial charge in [-0.15, -0.1) is 0 Å². The first-order valence-corrected chi connectivity index (χ1v) is 11.5. The smallest absolute Gasteiger partial charge is 0.326 e. The summed E-state index contributed by atoms with van der Waals surface area (Å²) in [5.41, 5.74) is 5.70. The van der Waals surface area contributed by atoms with Crippen molar-refractivity contribution in [2.45, 2.75) is 69.7 Å². The zero-order chi connectivity index (χ0) is 30.4. The Morgan fingerprint density at radius 3 is 1.46 bits per heavy atom. The summed E-state index contributed by atoms with van der Waals surface area (Å²) < 4.78 is 0. The number of nitrogens with one attached hydrogen (secondary N) is 4. The van der Waals surface area contributed by atoms with Gasteiger partial charge in [0, 0.05) is 6.42 Å². The summed E-state index contributed by atoms with van der Waals surface area (Å²) in [6.07, 6.45) is -3.23. The second-order valence-electron chi connectivity index (χ2n) is 8.66. The maximum absolute atomic E-state index is 12.8. The molecule has 0 aromatic rings. The third kappa shape index (κ3) is 13.2. The minimum atomic E-state index is -1.92. The summed E-state index contributed by atoms with van der Waals surface area (Å²) in [6, 6.07) is -8.34. The highest BCUT2D eigenvalue weighted by Crippen LogP contribution is 2.05. The van der Waals surface area contributed by atoms with E-state index in [2.05, 4.69) is 10.6 Å². The Morgan fingerprint density at radius 1 is 0.615 bits per heavy atom. The van der Waals surface area contributed by atoms with Crippen LogP contribution < -0.4 is 27.0 Å². The molecule has 0 rings (SSSR count). The molecule has 0 aliphatic heterocycles. The van der Waals surface area contributed by atoms with Crippen LogP contribution in [0.1, 0.15) is 39.5 Å². The Labute approximate surface area is 221 Å². The fraction of sp³-hybridized carbons (Fsp3) is 0.619. The fourth-order valence-electron chi connectivity index (χ4n) is 2.88. The molecule has 0 radical (unpaired) electrons. The molecule has 0 bridgehead atoms. The van der Waals surface area contributed by atoms with Gasteiger partial charge >= 0.3 is 23.9 Å². The number of aliphatic carboxylic acids is 4. The van der Waals surface area contributed by atoms with Crippen molar-refractivity contribution in [2.24, 2.45) is 11.7 Å². The van der Waals surface area contributed by atoms with E-state index in [1.54, 1.807) is 13.8 Å². The molecule has 0 heterocycles. The van der Waals surface area contributed by atoms with Crippen molar-refractivity contribution in [1.82, 2.24) is 21.3 Å². The molecular formula is C21H33N5O13. The lowest BCUT2D eigenvalue weighted by Crippen LogP contribution is -2.59. The van der Waals surface area contributed by atoms with Gasteiger partial charge in [0.1, 0.15) is 24.2 Å². The molecule has 0 aliphatic rings. The Morgan fingerprint density at radius 2 is 1.03 bits per heavy atom. The van der Waals surface area contributed by atoms with Crippen molar-refractivity contribution in [2.75, 3.05) is 6.61 Å². The van der Waals surface area contributed by atoms with Gasteiger partial charge in [-0.25, -0.2) is 4.79 Å². The van der Waals surface area contributed by atoms with Gasteiger partial charge in [0.2, 0.25) is 23.6 Å². The number of carboxylic acids is 4. The number of hydrogen-bond acceptors (Lipinski definition) is 10. The molecular weight excluding hydrogens is 530 g/mol. The Bertz CT molecular complexity index is 954. The Kier molecular flexibility index (Phi) is 14.7. The maximum Gasteiger partial charge on any atom is 0.326 e. The van der Waals surface area contributed by atoms with E-state index in [0.29, 0.717) is 0 Å². The van der Waals surface area contributed by atoms with Gasteiger partial charge in [-0.2, -0.15) is 0 Å². The highest BCUT2D eigenvalue weighted by molar-refractivity contribution is 5.97. The SMILES string of the molecule is CC(C)[C@H](N)C(=O)N[C@@H](CC(=O)O)C(=O)N[C@@H](CCC(=O)O)C(=O)N[C@@H](CO)C(=O)N[C@@H](CC(=O)O)C(=O)O. The van der Waals surface area contributed by atoms with E-state index in [1.165, 1.54) is 0 Å². The second-order valence-corrected chi connectivity index (χ2v) is 8.66. The fourth-order valence-corrected chi connectivity index (χ4v) is 2.88. The van der Waals surface area contributed by atoms with Crippen LogP contribution in [0, 0.1) is 5.92 Å². The summed E-state index contributed by atoms with van der Waals surface area (Å²) in [5.74, 6) is -11.2. The largest absolute Gasteiger partial charge is 0.481 e. The molecule has 0 spiro atoms. The standard InChI is InChI=1S/C21H33N5O13/c1-8(2)16(22)20(37)24-10(5-14(30)31)18(35)23-9(3-4-13(28)29)17(34)26-12(7-27)19(36)25-11(21(38)39)6-15(32)33/h8-12,16,27H,3-7,22H2,1-2H3,(H,23,35)(H,24,37)(H,25,36)(H,26,34)(H,28,29)(H,30,31)(H,32,33)(H,38,39)/t9-,10-,11-,12-,16-/m0/s1. The third-order valence-corrected chi connectivity index (χ3v) is 5.12. The molecule has 0 saturated carbocycles. The van der Waals surface area contributed by atoms with E-state index in [1.807, 2.05) is 10.6 Å². The van der Waals surface area contributed by atoms with Gasteiger partial charge in [0.05, 0.1) is 25.5 Å². The number of carbonyl (C=O) groups is 8. The number of aliphatic hydroxyl groups excluding tert-OH is 1. The van der Waals surface area contributed by atoms with Crippen molar-refractivity contribution in [3.8, 4) is 0 Å². The van der Waals surface area contributed by atoms with Crippen molar-refractivity contribution in [1.29, 1.82) is 0 Å². The molecule has 0 aromatic heterocycles. The van der Waals surface area contributed by atoms with E-state index < -0.39 is 110 Å². The van der Waals surface area contributed by atoms with Crippen LogP contribution in [-0.2, 0) is 38.4 Å². The summed E-state index contributed by atoms with van der Waals surface area (Å²) in [5, 5.41) is 53.4. The van der Waals surface area contributed by atoms with Gasteiger partial charge in [0.15, 0.2) is 0 Å². The average molecular weight is 564 g/mol. The molecule has 0 fully saturated rings. The summed E-state index contributed by atoms with van der Waals surface area (Å²) in [7, 11) is 0. The Balaban J connectivity index is 5.76. The maximum atomic E-state index is 12.8. The molecule has 11 N–H and O–H groups in total. The molecule has 4 amide bonds. The quantitative estimate of drug-likeness (QED) is 0.0756. The number of rotatable bonds is 18. The van der Waals surface area contributed by atoms with Crippen LogP contribution >= 0.6 is 0 Å². The summed E-state index contributed by atoms with van der Waals surface area (Å²) >= 11 is 0. The van der Waals surface area contributed by atoms with Crippen LogP contribution in [0.25, 0.3) is 0 Å². The van der Waals surface area contributed by atoms with Gasteiger partial charge in [-0.3, -0.25) is 33.6 Å². The van der Waals surface area contributed by atoms with Gasteiger partial charge in [-0.05, 0) is 12.3 Å². The van der Waals surface area contributed by atoms with Crippen molar-refractivity contribution >= 4 is 47.5 Å². The lowest BCUT2D eigenvalue weighted by atomic mass is 10.0. The molecule has 0 aliphatic carbocycles. The summed E-state index contributed by atoms with van der Waals surface area (Å²) in [4.78, 5) is 94.4.